The van der Waals surface area contributed by atoms with Crippen LogP contribution in [0.5, 0.6) is 11.5 Å². The lowest BCUT2D eigenvalue weighted by atomic mass is 9.98. The van der Waals surface area contributed by atoms with Crippen LogP contribution < -0.4 is 14.8 Å². The first-order valence-corrected chi connectivity index (χ1v) is 7.74. The van der Waals surface area contributed by atoms with Gasteiger partial charge in [0.05, 0.1) is 20.3 Å². The summed E-state index contributed by atoms with van der Waals surface area (Å²) in [5.41, 5.74) is 1.75. The molecule has 0 saturated heterocycles. The highest BCUT2D eigenvalue weighted by atomic mass is 16.5. The van der Waals surface area contributed by atoms with E-state index in [4.69, 9.17) is 14.2 Å². The number of hydrogen-bond donors (Lipinski definition) is 1. The van der Waals surface area contributed by atoms with Crippen molar-refractivity contribution in [2.45, 2.75) is 13.0 Å². The van der Waals surface area contributed by atoms with Crippen LogP contribution in [0.4, 0.5) is 0 Å². The van der Waals surface area contributed by atoms with Crippen LogP contribution in [-0.4, -0.2) is 32.7 Å². The Hall–Kier alpha value is -3.02. The number of amides is 1. The van der Waals surface area contributed by atoms with Gasteiger partial charge in [-0.15, -0.1) is 0 Å². The van der Waals surface area contributed by atoms with Gasteiger partial charge in [-0.25, -0.2) is 0 Å². The first-order valence-electron chi connectivity index (χ1n) is 7.74. The lowest BCUT2D eigenvalue weighted by molar-refractivity contribution is -0.146. The molecule has 0 spiro atoms. The molecule has 1 amide bonds. The summed E-state index contributed by atoms with van der Waals surface area (Å²) in [7, 11) is 3.19. The second kappa shape index (κ2) is 8.73. The van der Waals surface area contributed by atoms with Crippen LogP contribution >= 0.6 is 0 Å². The molecule has 0 fully saturated rings. The molecule has 132 valence electrons. The summed E-state index contributed by atoms with van der Waals surface area (Å²) in [5, 5.41) is 2.88. The zero-order chi connectivity index (χ0) is 18.2. The minimum Gasteiger partial charge on any atom is -0.497 e. The summed E-state index contributed by atoms with van der Waals surface area (Å²) in [6.45, 7) is 0.940. The second-order valence-electron chi connectivity index (χ2n) is 5.33. The maximum Gasteiger partial charge on any atom is 0.303 e. The number of nitrogens with one attached hydrogen (secondary N) is 1. The van der Waals surface area contributed by atoms with Crippen molar-refractivity contribution in [3.63, 3.8) is 0 Å². The minimum absolute atomic E-state index is 0.321. The standard InChI is InChI=1S/C19H21NO5/c1-13(21)25-12-18(22)20-19(14-4-8-16(23-2)9-5-14)15-6-10-17(24-3)11-7-15/h4-11,19H,12H2,1-3H3,(H,20,22). The molecule has 0 radical (unpaired) electrons. The summed E-state index contributed by atoms with van der Waals surface area (Å²) in [4.78, 5) is 23.0. The SMILES string of the molecule is COc1ccc(C(NC(=O)COC(C)=O)c2ccc(OC)cc2)cc1. The molecule has 0 heterocycles. The van der Waals surface area contributed by atoms with Crippen molar-refractivity contribution in [3.05, 3.63) is 59.7 Å². The molecule has 25 heavy (non-hydrogen) atoms. The largest absolute Gasteiger partial charge is 0.497 e. The number of esters is 1. The van der Waals surface area contributed by atoms with Crippen LogP contribution in [0, 0.1) is 0 Å². The molecule has 0 atom stereocenters. The predicted octanol–water partition coefficient (Wildman–Crippen LogP) is 2.47. The summed E-state index contributed by atoms with van der Waals surface area (Å²) in [6, 6.07) is 14.4. The molecular weight excluding hydrogens is 322 g/mol. The number of rotatable bonds is 7. The monoisotopic (exact) mass is 343 g/mol. The topological polar surface area (TPSA) is 73.9 Å². The van der Waals surface area contributed by atoms with Crippen molar-refractivity contribution in [1.82, 2.24) is 5.32 Å². The third kappa shape index (κ3) is 5.24. The van der Waals surface area contributed by atoms with E-state index in [0.717, 1.165) is 22.6 Å². The zero-order valence-electron chi connectivity index (χ0n) is 14.4. The molecule has 6 nitrogen and oxygen atoms in total. The van der Waals surface area contributed by atoms with E-state index in [1.54, 1.807) is 14.2 Å². The molecule has 0 saturated carbocycles. The van der Waals surface area contributed by atoms with Crippen molar-refractivity contribution in [3.8, 4) is 11.5 Å². The van der Waals surface area contributed by atoms with Gasteiger partial charge in [-0.05, 0) is 35.4 Å². The van der Waals surface area contributed by atoms with E-state index in [1.807, 2.05) is 48.5 Å². The van der Waals surface area contributed by atoms with Crippen LogP contribution in [-0.2, 0) is 14.3 Å². The van der Waals surface area contributed by atoms with Crippen molar-refractivity contribution in [2.75, 3.05) is 20.8 Å². The fraction of sp³-hybridized carbons (Fsp3) is 0.263. The molecule has 1 N–H and O–H groups in total. The molecule has 2 rings (SSSR count). The Bertz CT molecular complexity index is 662. The lowest BCUT2D eigenvalue weighted by Crippen LogP contribution is -2.32. The molecular formula is C19H21NO5. The van der Waals surface area contributed by atoms with Crippen molar-refractivity contribution in [1.29, 1.82) is 0 Å². The van der Waals surface area contributed by atoms with Gasteiger partial charge < -0.3 is 19.5 Å². The average molecular weight is 343 g/mol. The Labute approximate surface area is 146 Å². The van der Waals surface area contributed by atoms with Crippen LogP contribution in [0.2, 0.25) is 0 Å². The summed E-state index contributed by atoms with van der Waals surface area (Å²) in [6.07, 6.45) is 0. The number of carbonyl (C=O) groups excluding carboxylic acids is 2. The Kier molecular flexibility index (Phi) is 6.39. The first-order chi connectivity index (χ1) is 12.0. The van der Waals surface area contributed by atoms with E-state index in [0.29, 0.717) is 0 Å². The van der Waals surface area contributed by atoms with Crippen molar-refractivity contribution in [2.24, 2.45) is 0 Å². The van der Waals surface area contributed by atoms with E-state index in [-0.39, 0.29) is 18.6 Å². The van der Waals surface area contributed by atoms with Crippen LogP contribution in [0.15, 0.2) is 48.5 Å². The summed E-state index contributed by atoms with van der Waals surface area (Å²) >= 11 is 0. The fourth-order valence-corrected chi connectivity index (χ4v) is 2.32. The van der Waals surface area contributed by atoms with Gasteiger partial charge in [0.2, 0.25) is 0 Å². The molecule has 0 aliphatic carbocycles. The summed E-state index contributed by atoms with van der Waals surface area (Å²) in [5.74, 6) is 0.569. The van der Waals surface area contributed by atoms with Gasteiger partial charge in [-0.1, -0.05) is 24.3 Å². The average Bonchev–Trinajstić information content (AvgIpc) is 2.64. The molecule has 0 aliphatic heterocycles. The number of hydrogen-bond acceptors (Lipinski definition) is 5. The van der Waals surface area contributed by atoms with Gasteiger partial charge in [0, 0.05) is 6.92 Å². The lowest BCUT2D eigenvalue weighted by Gasteiger charge is -2.20. The molecule has 2 aromatic rings. The van der Waals surface area contributed by atoms with E-state index < -0.39 is 5.97 Å². The predicted molar refractivity (Wildman–Crippen MR) is 92.6 cm³/mol. The third-order valence-electron chi connectivity index (χ3n) is 3.61. The number of methoxy groups -OCH3 is 2. The number of carbonyl (C=O) groups is 2. The number of benzene rings is 2. The third-order valence-corrected chi connectivity index (χ3v) is 3.61. The summed E-state index contributed by atoms with van der Waals surface area (Å²) < 4.78 is 15.1. The zero-order valence-corrected chi connectivity index (χ0v) is 14.4. The maximum atomic E-state index is 12.1. The highest BCUT2D eigenvalue weighted by molar-refractivity contribution is 5.80. The van der Waals surface area contributed by atoms with Crippen LogP contribution in [0.1, 0.15) is 24.1 Å². The normalized spacial score (nSPS) is 10.2. The van der Waals surface area contributed by atoms with E-state index in [1.165, 1.54) is 6.92 Å². The van der Waals surface area contributed by atoms with E-state index in [2.05, 4.69) is 5.32 Å². The fourth-order valence-electron chi connectivity index (χ4n) is 2.32. The van der Waals surface area contributed by atoms with Gasteiger partial charge in [0.15, 0.2) is 6.61 Å². The molecule has 6 heteroatoms. The Balaban J connectivity index is 2.25. The van der Waals surface area contributed by atoms with E-state index in [9.17, 15) is 9.59 Å². The first kappa shape index (κ1) is 18.3. The van der Waals surface area contributed by atoms with Gasteiger partial charge in [-0.3, -0.25) is 9.59 Å². The van der Waals surface area contributed by atoms with E-state index >= 15 is 0 Å². The minimum atomic E-state index is -0.499. The smallest absolute Gasteiger partial charge is 0.303 e. The van der Waals surface area contributed by atoms with Crippen molar-refractivity contribution >= 4 is 11.9 Å². The quantitative estimate of drug-likeness (QED) is 0.782. The van der Waals surface area contributed by atoms with Gasteiger partial charge in [-0.2, -0.15) is 0 Å². The van der Waals surface area contributed by atoms with Gasteiger partial charge >= 0.3 is 5.97 Å². The highest BCUT2D eigenvalue weighted by Crippen LogP contribution is 2.25. The van der Waals surface area contributed by atoms with Crippen molar-refractivity contribution < 1.29 is 23.8 Å². The molecule has 0 aromatic heterocycles. The second-order valence-corrected chi connectivity index (χ2v) is 5.33. The highest BCUT2D eigenvalue weighted by Gasteiger charge is 2.18. The molecule has 2 aromatic carbocycles. The maximum absolute atomic E-state index is 12.1. The van der Waals surface area contributed by atoms with Crippen LogP contribution in [0.3, 0.4) is 0 Å². The Morgan fingerprint density at radius 3 is 1.68 bits per heavy atom. The Morgan fingerprint density at radius 1 is 0.880 bits per heavy atom. The van der Waals surface area contributed by atoms with Crippen LogP contribution in [0.25, 0.3) is 0 Å². The molecule has 0 unspecified atom stereocenters. The Morgan fingerprint density at radius 2 is 1.32 bits per heavy atom. The molecule has 0 bridgehead atoms. The van der Waals surface area contributed by atoms with Gasteiger partial charge in [0.1, 0.15) is 11.5 Å². The number of ether oxygens (including phenoxy) is 3. The van der Waals surface area contributed by atoms with Gasteiger partial charge in [0.25, 0.3) is 5.91 Å². The molecule has 0 aliphatic rings.